The second kappa shape index (κ2) is 7.11. The Morgan fingerprint density at radius 1 is 1.17 bits per heavy atom. The van der Waals surface area contributed by atoms with Gasteiger partial charge in [0.2, 0.25) is 0 Å². The van der Waals surface area contributed by atoms with E-state index >= 15 is 0 Å². The van der Waals surface area contributed by atoms with Gasteiger partial charge in [-0.2, -0.15) is 0 Å². The highest BCUT2D eigenvalue weighted by atomic mass is 16.7. The number of carbonyl (C=O) groups excluding carboxylic acids is 2. The first-order chi connectivity index (χ1) is 11.6. The third-order valence-corrected chi connectivity index (χ3v) is 4.25. The first-order valence-corrected chi connectivity index (χ1v) is 8.58. The highest BCUT2D eigenvalue weighted by Gasteiger charge is 2.42. The Morgan fingerprint density at radius 2 is 1.92 bits per heavy atom. The maximum absolute atomic E-state index is 11.9. The highest BCUT2D eigenvalue weighted by molar-refractivity contribution is 5.93. The monoisotopic (exact) mass is 333 g/mol. The summed E-state index contributed by atoms with van der Waals surface area (Å²) < 4.78 is 16.9. The number of carbonyl (C=O) groups is 2. The highest BCUT2D eigenvalue weighted by Crippen LogP contribution is 2.46. The van der Waals surface area contributed by atoms with Crippen molar-refractivity contribution in [2.24, 2.45) is 0 Å². The Bertz CT molecular complexity index is 622. The van der Waals surface area contributed by atoms with Gasteiger partial charge < -0.3 is 19.5 Å². The molecule has 1 saturated carbocycles. The number of nitrogens with one attached hydrogen (secondary N) is 1. The van der Waals surface area contributed by atoms with Crippen LogP contribution in [-0.4, -0.2) is 24.3 Å². The van der Waals surface area contributed by atoms with E-state index in [1.807, 2.05) is 6.92 Å². The molecule has 0 bridgehead atoms. The summed E-state index contributed by atoms with van der Waals surface area (Å²) in [5.41, 5.74) is 0.599. The number of hydrogen-bond donors (Lipinski definition) is 1. The number of esters is 1. The Kier molecular flexibility index (Phi) is 4.92. The molecule has 3 rings (SSSR count). The van der Waals surface area contributed by atoms with Gasteiger partial charge in [0.15, 0.2) is 18.1 Å². The van der Waals surface area contributed by atoms with Gasteiger partial charge in [-0.25, -0.2) is 0 Å². The van der Waals surface area contributed by atoms with E-state index in [-0.39, 0.29) is 18.5 Å². The molecule has 24 heavy (non-hydrogen) atoms. The number of amides is 1. The predicted octanol–water partition coefficient (Wildman–Crippen LogP) is 3.40. The second-order valence-electron chi connectivity index (χ2n) is 6.30. The average molecular weight is 333 g/mol. The molecule has 130 valence electrons. The summed E-state index contributed by atoms with van der Waals surface area (Å²) in [5.74, 6) is 0.101. The molecule has 1 amide bonds. The van der Waals surface area contributed by atoms with Crippen LogP contribution in [0, 0.1) is 0 Å². The van der Waals surface area contributed by atoms with Crippen LogP contribution in [-0.2, 0) is 14.3 Å². The molecule has 1 heterocycles. The minimum Gasteiger partial charge on any atom is -0.456 e. The average Bonchev–Trinajstić information content (AvgIpc) is 2.90. The van der Waals surface area contributed by atoms with Crippen molar-refractivity contribution in [3.63, 3.8) is 0 Å². The summed E-state index contributed by atoms with van der Waals surface area (Å²) in [6.07, 6.45) is 6.20. The SMILES string of the molecule is CCCC(=O)OCC(=O)Nc1ccc2c(c1)OC1(CCCCC1)O2. The maximum atomic E-state index is 11.9. The van der Waals surface area contributed by atoms with E-state index in [2.05, 4.69) is 5.32 Å². The fourth-order valence-electron chi connectivity index (χ4n) is 3.09. The minimum atomic E-state index is -0.529. The molecule has 0 unspecified atom stereocenters. The molecule has 0 aromatic heterocycles. The van der Waals surface area contributed by atoms with Crippen LogP contribution in [0.25, 0.3) is 0 Å². The molecule has 1 aliphatic carbocycles. The second-order valence-corrected chi connectivity index (χ2v) is 6.30. The first-order valence-electron chi connectivity index (χ1n) is 8.58. The molecule has 1 aliphatic heterocycles. The molecule has 6 nitrogen and oxygen atoms in total. The summed E-state index contributed by atoms with van der Waals surface area (Å²) in [6.45, 7) is 1.60. The molecular formula is C18H23NO5. The van der Waals surface area contributed by atoms with Gasteiger partial charge in [-0.05, 0) is 31.4 Å². The smallest absolute Gasteiger partial charge is 0.306 e. The Morgan fingerprint density at radius 3 is 2.67 bits per heavy atom. The van der Waals surface area contributed by atoms with Gasteiger partial charge in [0.1, 0.15) is 0 Å². The largest absolute Gasteiger partial charge is 0.456 e. The van der Waals surface area contributed by atoms with E-state index < -0.39 is 5.79 Å². The fraction of sp³-hybridized carbons (Fsp3) is 0.556. The molecule has 1 fully saturated rings. The van der Waals surface area contributed by atoms with E-state index in [1.165, 1.54) is 6.42 Å². The van der Waals surface area contributed by atoms with Crippen molar-refractivity contribution >= 4 is 17.6 Å². The van der Waals surface area contributed by atoms with Crippen molar-refractivity contribution in [2.45, 2.75) is 57.7 Å². The number of ether oxygens (including phenoxy) is 3. The van der Waals surface area contributed by atoms with E-state index in [4.69, 9.17) is 14.2 Å². The summed E-state index contributed by atoms with van der Waals surface area (Å²) in [5, 5.41) is 2.71. The van der Waals surface area contributed by atoms with Crippen molar-refractivity contribution in [2.75, 3.05) is 11.9 Å². The van der Waals surface area contributed by atoms with Gasteiger partial charge in [0, 0.05) is 31.0 Å². The molecule has 0 radical (unpaired) electrons. The van der Waals surface area contributed by atoms with Crippen molar-refractivity contribution in [3.8, 4) is 11.5 Å². The minimum absolute atomic E-state index is 0.281. The van der Waals surface area contributed by atoms with Crippen LogP contribution in [0.15, 0.2) is 18.2 Å². The predicted molar refractivity (Wildman–Crippen MR) is 88.0 cm³/mol. The van der Waals surface area contributed by atoms with Crippen LogP contribution in [0.4, 0.5) is 5.69 Å². The number of benzene rings is 1. The van der Waals surface area contributed by atoms with Crippen LogP contribution in [0.3, 0.4) is 0 Å². The van der Waals surface area contributed by atoms with Crippen LogP contribution in [0.2, 0.25) is 0 Å². The summed E-state index contributed by atoms with van der Waals surface area (Å²) in [4.78, 5) is 23.1. The van der Waals surface area contributed by atoms with Crippen molar-refractivity contribution in [3.05, 3.63) is 18.2 Å². The Balaban J connectivity index is 1.57. The van der Waals surface area contributed by atoms with E-state index in [1.54, 1.807) is 18.2 Å². The quantitative estimate of drug-likeness (QED) is 0.836. The van der Waals surface area contributed by atoms with Crippen molar-refractivity contribution in [1.29, 1.82) is 0 Å². The van der Waals surface area contributed by atoms with Crippen LogP contribution in [0.5, 0.6) is 11.5 Å². The maximum Gasteiger partial charge on any atom is 0.306 e. The van der Waals surface area contributed by atoms with Crippen LogP contribution < -0.4 is 14.8 Å². The molecule has 6 heteroatoms. The van der Waals surface area contributed by atoms with Gasteiger partial charge in [-0.3, -0.25) is 9.59 Å². The molecule has 0 saturated heterocycles. The van der Waals surface area contributed by atoms with Gasteiger partial charge >= 0.3 is 5.97 Å². The zero-order valence-electron chi connectivity index (χ0n) is 13.9. The zero-order chi connectivity index (χ0) is 17.0. The van der Waals surface area contributed by atoms with Crippen LogP contribution >= 0.6 is 0 Å². The Hall–Kier alpha value is -2.24. The lowest BCUT2D eigenvalue weighted by atomic mass is 9.94. The van der Waals surface area contributed by atoms with E-state index in [0.29, 0.717) is 30.0 Å². The van der Waals surface area contributed by atoms with Crippen molar-refractivity contribution in [1.82, 2.24) is 0 Å². The number of fused-ring (bicyclic) bond motifs is 1. The number of hydrogen-bond acceptors (Lipinski definition) is 5. The summed E-state index contributed by atoms with van der Waals surface area (Å²) in [6, 6.07) is 5.32. The van der Waals surface area contributed by atoms with E-state index in [9.17, 15) is 9.59 Å². The molecule has 1 aromatic rings. The number of rotatable bonds is 5. The normalized spacial score (nSPS) is 17.5. The molecule has 0 atom stereocenters. The summed E-state index contributed by atoms with van der Waals surface area (Å²) in [7, 11) is 0. The lowest BCUT2D eigenvalue weighted by molar-refractivity contribution is -0.147. The zero-order valence-corrected chi connectivity index (χ0v) is 13.9. The van der Waals surface area contributed by atoms with Crippen LogP contribution in [0.1, 0.15) is 51.9 Å². The molecular weight excluding hydrogens is 310 g/mol. The van der Waals surface area contributed by atoms with Gasteiger partial charge in [0.25, 0.3) is 11.7 Å². The third kappa shape index (κ3) is 3.80. The first kappa shape index (κ1) is 16.6. The molecule has 1 spiro atoms. The molecule has 1 N–H and O–H groups in total. The third-order valence-electron chi connectivity index (χ3n) is 4.25. The lowest BCUT2D eigenvalue weighted by Gasteiger charge is -2.31. The Labute approximate surface area is 141 Å². The molecule has 2 aliphatic rings. The van der Waals surface area contributed by atoms with Gasteiger partial charge in [-0.1, -0.05) is 13.3 Å². The van der Waals surface area contributed by atoms with Gasteiger partial charge in [0.05, 0.1) is 0 Å². The van der Waals surface area contributed by atoms with Gasteiger partial charge in [-0.15, -0.1) is 0 Å². The topological polar surface area (TPSA) is 73.9 Å². The van der Waals surface area contributed by atoms with E-state index in [0.717, 1.165) is 25.7 Å². The van der Waals surface area contributed by atoms with Crippen molar-refractivity contribution < 1.29 is 23.8 Å². The standard InChI is InChI=1S/C18H23NO5/c1-2-6-17(21)22-12-16(20)19-13-7-8-14-15(11-13)24-18(23-14)9-4-3-5-10-18/h7-8,11H,2-6,9-10,12H2,1H3,(H,19,20). The molecule has 1 aromatic carbocycles. The fourth-order valence-corrected chi connectivity index (χ4v) is 3.09. The number of anilines is 1. The summed E-state index contributed by atoms with van der Waals surface area (Å²) >= 11 is 0. The lowest BCUT2D eigenvalue weighted by Crippen LogP contribution is -2.40.